The minimum absolute atomic E-state index is 0.00641. The van der Waals surface area contributed by atoms with Crippen molar-refractivity contribution in [1.29, 1.82) is 0 Å². The summed E-state index contributed by atoms with van der Waals surface area (Å²) in [5.41, 5.74) is -0.433. The number of piperidine rings is 1. The topological polar surface area (TPSA) is 104 Å². The number of benzene rings is 2. The number of ether oxygens (including phenoxy) is 2. The Bertz CT molecular complexity index is 2210. The minimum atomic E-state index is -1.09. The van der Waals surface area contributed by atoms with Gasteiger partial charge < -0.3 is 29.3 Å². The molecule has 3 saturated heterocycles. The first-order chi connectivity index (χ1) is 26.1. The third kappa shape index (κ3) is 6.24. The molecule has 2 saturated carbocycles. The molecule has 5 heterocycles. The number of piperazine rings is 1. The molecule has 3 aliphatic heterocycles. The van der Waals surface area contributed by atoms with Gasteiger partial charge >= 0.3 is 6.01 Å². The highest BCUT2D eigenvalue weighted by Gasteiger charge is 2.52. The molecule has 5 fully saturated rings. The lowest BCUT2D eigenvalue weighted by atomic mass is 9.95. The van der Waals surface area contributed by atoms with Gasteiger partial charge in [-0.05, 0) is 81.6 Å². The van der Waals surface area contributed by atoms with E-state index in [0.717, 1.165) is 58.2 Å². The van der Waals surface area contributed by atoms with Crippen LogP contribution in [0.15, 0.2) is 24.3 Å². The molecule has 282 valence electrons. The van der Waals surface area contributed by atoms with Gasteiger partial charge in [0.05, 0.1) is 25.2 Å². The van der Waals surface area contributed by atoms with Crippen LogP contribution in [0.3, 0.4) is 0 Å². The van der Waals surface area contributed by atoms with Gasteiger partial charge in [0.25, 0.3) is 0 Å². The van der Waals surface area contributed by atoms with Gasteiger partial charge in [-0.3, -0.25) is 4.79 Å². The van der Waals surface area contributed by atoms with Crippen LogP contribution in [-0.2, 0) is 4.79 Å². The largest absolute Gasteiger partial charge is 0.508 e. The van der Waals surface area contributed by atoms with E-state index in [0.29, 0.717) is 34.8 Å². The van der Waals surface area contributed by atoms with E-state index in [1.165, 1.54) is 31.4 Å². The molecule has 1 amide bonds. The Balaban J connectivity index is 1.14. The number of terminal acetylenes is 1. The Kier molecular flexibility index (Phi) is 8.95. The van der Waals surface area contributed by atoms with Crippen LogP contribution in [0.2, 0.25) is 0 Å². The lowest BCUT2D eigenvalue weighted by molar-refractivity contribution is -0.136. The number of fused-ring (bicyclic) bond motifs is 4. The molecule has 10 nitrogen and oxygen atoms in total. The predicted octanol–water partition coefficient (Wildman–Crippen LogP) is 6.41. The number of nitrogens with zero attached hydrogens (tertiary/aromatic N) is 6. The molecule has 2 aromatic heterocycles. The fraction of sp³-hybridized carbons (Fsp3) is 0.500. The molecule has 4 aromatic rings. The van der Waals surface area contributed by atoms with Crippen molar-refractivity contribution in [3.63, 3.8) is 0 Å². The fourth-order valence-corrected chi connectivity index (χ4v) is 9.36. The van der Waals surface area contributed by atoms with Crippen molar-refractivity contribution in [3.05, 3.63) is 41.5 Å². The second-order valence-corrected chi connectivity index (χ2v) is 17.4. The summed E-state index contributed by atoms with van der Waals surface area (Å²) in [5, 5.41) is 11.5. The summed E-state index contributed by atoms with van der Waals surface area (Å²) in [4.78, 5) is 33.8. The number of pyridine rings is 1. The standard InChI is InChI=1S/C40H40F3IN6O4/c1-3-26-29(41)7-4-21-14-25(51)15-28(31(21)26)34-33(43)35-32(37(45-34)53-2)36(49-17-23-5-6-24(18-49)50(23)38(52)27-16-30(27)42)47-39(46-35)54-20-40(10-11-40)19-48-12-8-22(44)9-13-48/h1,4,7,14-15,22-24,27,30,51H,5-6,8-13,16-20H2,2H3/t23?,24?,27-,30?/m0/s1. The molecule has 2 aliphatic carbocycles. The maximum absolute atomic E-state index is 17.3. The molecule has 2 bridgehead atoms. The van der Waals surface area contributed by atoms with Gasteiger partial charge in [-0.25, -0.2) is 18.2 Å². The number of anilines is 1. The normalized spacial score (nSPS) is 24.9. The van der Waals surface area contributed by atoms with E-state index in [-0.39, 0.29) is 80.6 Å². The fourth-order valence-electron chi connectivity index (χ4n) is 8.80. The number of rotatable bonds is 9. The second-order valence-electron chi connectivity index (χ2n) is 15.6. The molecular weight excluding hydrogens is 812 g/mol. The molecular formula is C40H40F3IN6O4. The van der Waals surface area contributed by atoms with Crippen LogP contribution >= 0.6 is 22.6 Å². The Morgan fingerprint density at radius 3 is 2.44 bits per heavy atom. The number of hydrogen-bond acceptors (Lipinski definition) is 9. The highest BCUT2D eigenvalue weighted by molar-refractivity contribution is 14.1. The van der Waals surface area contributed by atoms with Crippen molar-refractivity contribution in [2.75, 3.05) is 51.3 Å². The first-order valence-electron chi connectivity index (χ1n) is 18.6. The number of amides is 1. The van der Waals surface area contributed by atoms with Gasteiger partial charge in [-0.1, -0.05) is 34.6 Å². The summed E-state index contributed by atoms with van der Waals surface area (Å²) in [6.07, 6.45) is 10.8. The zero-order valence-electron chi connectivity index (χ0n) is 29.8. The smallest absolute Gasteiger partial charge is 0.319 e. The van der Waals surface area contributed by atoms with Gasteiger partial charge in [0.1, 0.15) is 40.2 Å². The van der Waals surface area contributed by atoms with Gasteiger partial charge in [0.2, 0.25) is 11.8 Å². The Morgan fingerprint density at radius 1 is 1.07 bits per heavy atom. The average Bonchev–Trinajstić information content (AvgIpc) is 4.09. The summed E-state index contributed by atoms with van der Waals surface area (Å²) < 4.78 is 59.2. The van der Waals surface area contributed by atoms with E-state index in [9.17, 15) is 14.3 Å². The number of aromatic nitrogens is 3. The number of phenols is 1. The summed E-state index contributed by atoms with van der Waals surface area (Å²) in [5.74, 6) is 0.326. The third-order valence-corrected chi connectivity index (χ3v) is 13.2. The van der Waals surface area contributed by atoms with E-state index in [1.807, 2.05) is 9.80 Å². The molecule has 0 spiro atoms. The lowest BCUT2D eigenvalue weighted by Gasteiger charge is -2.42. The maximum atomic E-state index is 17.3. The summed E-state index contributed by atoms with van der Waals surface area (Å²) >= 11 is 2.52. The number of aromatic hydroxyl groups is 1. The number of methoxy groups -OCH3 is 1. The Morgan fingerprint density at radius 2 is 1.80 bits per heavy atom. The van der Waals surface area contributed by atoms with Crippen LogP contribution in [-0.4, -0.2) is 104 Å². The lowest BCUT2D eigenvalue weighted by Crippen LogP contribution is -2.56. The van der Waals surface area contributed by atoms with Crippen LogP contribution in [0.1, 0.15) is 50.5 Å². The molecule has 9 rings (SSSR count). The number of carbonyl (C=O) groups is 1. The quantitative estimate of drug-likeness (QED) is 0.116. The molecule has 5 aliphatic rings. The van der Waals surface area contributed by atoms with E-state index in [4.69, 9.17) is 20.9 Å². The van der Waals surface area contributed by atoms with E-state index < -0.39 is 23.7 Å². The van der Waals surface area contributed by atoms with Crippen LogP contribution in [0, 0.1) is 35.3 Å². The van der Waals surface area contributed by atoms with Crippen molar-refractivity contribution < 1.29 is 32.5 Å². The van der Waals surface area contributed by atoms with Crippen LogP contribution < -0.4 is 14.4 Å². The number of carbonyl (C=O) groups excluding carboxylic acids is 1. The van der Waals surface area contributed by atoms with Crippen molar-refractivity contribution in [2.45, 2.75) is 67.1 Å². The van der Waals surface area contributed by atoms with Gasteiger partial charge in [-0.15, -0.1) is 6.42 Å². The second kappa shape index (κ2) is 13.6. The SMILES string of the molecule is C#Cc1c(F)ccc2cc(O)cc(-c3nc(OC)c4c(N5CC6CCC(C5)N6C(=O)[C@H]5CC5F)nc(OCC5(CN6CCC(I)CC6)CC5)nc4c3F)c12. The van der Waals surface area contributed by atoms with Gasteiger partial charge in [0.15, 0.2) is 5.82 Å². The number of hydrogen-bond donors (Lipinski definition) is 1. The molecule has 0 radical (unpaired) electrons. The van der Waals surface area contributed by atoms with Crippen LogP contribution in [0.25, 0.3) is 32.9 Å². The maximum Gasteiger partial charge on any atom is 0.319 e. The molecule has 54 heavy (non-hydrogen) atoms. The predicted molar refractivity (Wildman–Crippen MR) is 206 cm³/mol. The Labute approximate surface area is 324 Å². The monoisotopic (exact) mass is 852 g/mol. The first-order valence-corrected chi connectivity index (χ1v) is 19.9. The van der Waals surface area contributed by atoms with Gasteiger partial charge in [-0.2, -0.15) is 9.97 Å². The first kappa shape index (κ1) is 35.6. The van der Waals surface area contributed by atoms with Crippen LogP contribution in [0.4, 0.5) is 19.0 Å². The highest BCUT2D eigenvalue weighted by atomic mass is 127. The van der Waals surface area contributed by atoms with Crippen molar-refractivity contribution in [1.82, 2.24) is 24.8 Å². The minimum Gasteiger partial charge on any atom is -0.508 e. The number of halogens is 4. The van der Waals surface area contributed by atoms with E-state index in [2.05, 4.69) is 43.4 Å². The molecule has 1 N–H and O–H groups in total. The summed E-state index contributed by atoms with van der Waals surface area (Å²) in [6.45, 7) is 4.15. The van der Waals surface area contributed by atoms with Crippen LogP contribution in [0.5, 0.6) is 17.6 Å². The summed E-state index contributed by atoms with van der Waals surface area (Å²) in [7, 11) is 1.41. The van der Waals surface area contributed by atoms with Crippen molar-refractivity contribution >= 4 is 56.0 Å². The van der Waals surface area contributed by atoms with Gasteiger partial charge in [0, 0.05) is 52.0 Å². The summed E-state index contributed by atoms with van der Waals surface area (Å²) in [6, 6.07) is 5.05. The van der Waals surface area contributed by atoms with E-state index >= 15 is 8.78 Å². The molecule has 2 aromatic carbocycles. The zero-order chi connectivity index (χ0) is 37.5. The average molecular weight is 853 g/mol. The zero-order valence-corrected chi connectivity index (χ0v) is 32.0. The third-order valence-electron chi connectivity index (χ3n) is 12.0. The molecule has 14 heteroatoms. The highest BCUT2D eigenvalue weighted by Crippen LogP contribution is 2.48. The Hall–Kier alpha value is -4.10. The van der Waals surface area contributed by atoms with Crippen molar-refractivity contribution in [2.24, 2.45) is 11.3 Å². The molecule has 3 unspecified atom stereocenters. The van der Waals surface area contributed by atoms with E-state index in [1.54, 1.807) is 0 Å². The van der Waals surface area contributed by atoms with Crippen molar-refractivity contribution in [3.8, 4) is 41.2 Å². The number of alkyl halides is 2. The molecule has 4 atom stereocenters. The number of likely N-dealkylation sites (tertiary alicyclic amines) is 1. The number of phenolic OH excluding ortho intramolecular Hbond substituents is 1.